The van der Waals surface area contributed by atoms with E-state index < -0.39 is 10.4 Å². The normalized spacial score (nSPS) is 10.1. The fraction of sp³-hybridized carbons (Fsp3) is 0.300. The van der Waals surface area contributed by atoms with E-state index in [4.69, 9.17) is 23.3 Å². The van der Waals surface area contributed by atoms with Gasteiger partial charge in [0.25, 0.3) is 0 Å². The molecule has 1 aromatic carbocycles. The number of hydrogen-bond acceptors (Lipinski definition) is 5. The number of nitrogens with one attached hydrogen (secondary N) is 1. The molecule has 1 rings (SSSR count). The Kier molecular flexibility index (Phi) is 6.83. The van der Waals surface area contributed by atoms with Gasteiger partial charge in [-0.25, -0.2) is 0 Å². The first-order valence-corrected chi connectivity index (χ1v) is 6.63. The third-order valence-electron chi connectivity index (χ3n) is 1.81. The number of amides is 1. The molecule has 19 heavy (non-hydrogen) atoms. The summed E-state index contributed by atoms with van der Waals surface area (Å²) < 4.78 is 31.6. The third-order valence-corrected chi connectivity index (χ3v) is 1.81. The van der Waals surface area contributed by atoms with E-state index in [1.807, 2.05) is 19.1 Å². The minimum Gasteiger partial charge on any atom is -0.399 e. The third kappa shape index (κ3) is 9.83. The van der Waals surface area contributed by atoms with Gasteiger partial charge in [-0.2, -0.15) is 8.42 Å². The summed E-state index contributed by atoms with van der Waals surface area (Å²) in [5, 5.41) is 1.77. The van der Waals surface area contributed by atoms with Crippen LogP contribution in [0.5, 0.6) is 0 Å². The zero-order valence-electron chi connectivity index (χ0n) is 10.6. The van der Waals surface area contributed by atoms with Crippen LogP contribution in [0.1, 0.15) is 13.8 Å². The molecule has 1 aromatic rings. The highest BCUT2D eigenvalue weighted by Gasteiger charge is 2.04. The maximum atomic E-state index is 10.9. The van der Waals surface area contributed by atoms with Gasteiger partial charge in [0, 0.05) is 19.2 Å². The van der Waals surface area contributed by atoms with Crippen LogP contribution in [0.4, 0.5) is 11.4 Å². The molecule has 0 atom stereocenters. The quantitative estimate of drug-likeness (QED) is 0.362. The van der Waals surface area contributed by atoms with E-state index in [2.05, 4.69) is 5.43 Å². The van der Waals surface area contributed by atoms with Crippen molar-refractivity contribution in [2.75, 3.05) is 17.3 Å². The molecule has 0 heterocycles. The number of nitrogens with two attached hydrogens (primary N) is 1. The number of carbonyl (C=O) groups excluding carboxylic acids is 1. The molecule has 0 aromatic heterocycles. The number of carbonyl (C=O) groups is 1. The predicted octanol–water partition coefficient (Wildman–Crippen LogP) is 0.493. The summed E-state index contributed by atoms with van der Waals surface area (Å²) in [7, 11) is -4.67. The summed E-state index contributed by atoms with van der Waals surface area (Å²) in [6, 6.07) is 7.35. The predicted molar refractivity (Wildman–Crippen MR) is 71.9 cm³/mol. The molecular weight excluding hydrogens is 274 g/mol. The number of nitrogens with zero attached hydrogens (tertiary/aromatic N) is 1. The second kappa shape index (κ2) is 7.56. The smallest absolute Gasteiger partial charge is 0.394 e. The second-order valence-corrected chi connectivity index (χ2v) is 4.35. The first-order valence-electron chi connectivity index (χ1n) is 5.23. The van der Waals surface area contributed by atoms with Crippen molar-refractivity contribution in [2.24, 2.45) is 0 Å². The number of rotatable bonds is 3. The highest BCUT2D eigenvalue weighted by atomic mass is 32.3. The van der Waals surface area contributed by atoms with E-state index in [9.17, 15) is 4.79 Å². The molecule has 0 fully saturated rings. The average Bonchev–Trinajstić information content (AvgIpc) is 2.24. The lowest BCUT2D eigenvalue weighted by Crippen LogP contribution is -2.40. The van der Waals surface area contributed by atoms with Gasteiger partial charge < -0.3 is 5.73 Å². The number of benzene rings is 1. The van der Waals surface area contributed by atoms with Crippen LogP contribution in [0.25, 0.3) is 0 Å². The molecule has 8 nitrogen and oxygen atoms in total. The number of nitrogen functional groups attached to an aromatic ring is 1. The second-order valence-electron chi connectivity index (χ2n) is 3.45. The summed E-state index contributed by atoms with van der Waals surface area (Å²) in [4.78, 5) is 10.9. The van der Waals surface area contributed by atoms with E-state index in [0.29, 0.717) is 12.2 Å². The highest BCUT2D eigenvalue weighted by Crippen LogP contribution is 2.13. The Morgan fingerprint density at radius 3 is 2.05 bits per heavy atom. The maximum Gasteiger partial charge on any atom is 0.394 e. The SMILES string of the molecule is CCN(NC(C)=O)c1ccc(N)cc1.O=S(=O)(O)O. The molecule has 5 N–H and O–H groups in total. The van der Waals surface area contributed by atoms with Gasteiger partial charge in [-0.15, -0.1) is 0 Å². The molecule has 0 aliphatic carbocycles. The van der Waals surface area contributed by atoms with E-state index in [0.717, 1.165) is 5.69 Å². The van der Waals surface area contributed by atoms with Gasteiger partial charge in [-0.1, -0.05) is 0 Å². The summed E-state index contributed by atoms with van der Waals surface area (Å²) >= 11 is 0. The van der Waals surface area contributed by atoms with Gasteiger partial charge in [0.05, 0.1) is 5.69 Å². The molecule has 0 radical (unpaired) electrons. The van der Waals surface area contributed by atoms with Crippen LogP contribution in [0, 0.1) is 0 Å². The first kappa shape index (κ1) is 17.2. The molecule has 0 aliphatic heterocycles. The number of hydrazine groups is 1. The van der Waals surface area contributed by atoms with Gasteiger partial charge in [-0.05, 0) is 31.2 Å². The van der Waals surface area contributed by atoms with E-state index in [1.165, 1.54) is 6.92 Å². The zero-order chi connectivity index (χ0) is 15.1. The molecule has 0 saturated heterocycles. The van der Waals surface area contributed by atoms with Crippen molar-refractivity contribution in [3.63, 3.8) is 0 Å². The first-order chi connectivity index (χ1) is 8.63. The van der Waals surface area contributed by atoms with Crippen molar-refractivity contribution in [1.29, 1.82) is 0 Å². The lowest BCUT2D eigenvalue weighted by atomic mass is 10.3. The Balaban J connectivity index is 0.000000555. The largest absolute Gasteiger partial charge is 0.399 e. The van der Waals surface area contributed by atoms with Crippen molar-refractivity contribution in [2.45, 2.75) is 13.8 Å². The van der Waals surface area contributed by atoms with Crippen LogP contribution in [-0.2, 0) is 15.2 Å². The maximum absolute atomic E-state index is 10.9. The molecule has 0 bridgehead atoms. The molecule has 0 spiro atoms. The standard InChI is InChI=1S/C10H15N3O.H2O4S/c1-3-13(12-8(2)14)10-6-4-9(11)5-7-10;1-5(2,3)4/h4-7H,3,11H2,1-2H3,(H,12,14);(H2,1,2,3,4). The van der Waals surface area contributed by atoms with E-state index >= 15 is 0 Å². The lowest BCUT2D eigenvalue weighted by molar-refractivity contribution is -0.119. The Morgan fingerprint density at radius 2 is 1.74 bits per heavy atom. The summed E-state index contributed by atoms with van der Waals surface area (Å²) in [5.74, 6) is -0.0799. The molecule has 108 valence electrons. The van der Waals surface area contributed by atoms with Crippen LogP contribution in [0.3, 0.4) is 0 Å². The molecular formula is C10H17N3O5S. The van der Waals surface area contributed by atoms with Crippen molar-refractivity contribution in [3.8, 4) is 0 Å². The topological polar surface area (TPSA) is 133 Å². The van der Waals surface area contributed by atoms with Crippen LogP contribution in [0.15, 0.2) is 24.3 Å². The van der Waals surface area contributed by atoms with Crippen LogP contribution >= 0.6 is 0 Å². The Bertz CT molecular complexity index is 492. The fourth-order valence-corrected chi connectivity index (χ4v) is 1.17. The van der Waals surface area contributed by atoms with Crippen molar-refractivity contribution >= 4 is 27.7 Å². The van der Waals surface area contributed by atoms with Crippen LogP contribution in [0.2, 0.25) is 0 Å². The summed E-state index contributed by atoms with van der Waals surface area (Å²) in [5.41, 5.74) is 9.93. The number of hydrogen-bond donors (Lipinski definition) is 4. The summed E-state index contributed by atoms with van der Waals surface area (Å²) in [6.45, 7) is 4.16. The van der Waals surface area contributed by atoms with Crippen LogP contribution < -0.4 is 16.2 Å². The minimum absolute atomic E-state index is 0.0799. The van der Waals surface area contributed by atoms with E-state index in [-0.39, 0.29) is 5.91 Å². The monoisotopic (exact) mass is 291 g/mol. The summed E-state index contributed by atoms with van der Waals surface area (Å²) in [6.07, 6.45) is 0. The van der Waals surface area contributed by atoms with Gasteiger partial charge in [0.1, 0.15) is 0 Å². The highest BCUT2D eigenvalue weighted by molar-refractivity contribution is 7.79. The Hall–Kier alpha value is -1.84. The van der Waals surface area contributed by atoms with Gasteiger partial charge >= 0.3 is 10.4 Å². The molecule has 0 aliphatic rings. The van der Waals surface area contributed by atoms with Gasteiger partial charge in [-0.3, -0.25) is 24.3 Å². The molecule has 1 amide bonds. The molecule has 0 saturated carbocycles. The van der Waals surface area contributed by atoms with E-state index in [1.54, 1.807) is 17.1 Å². The Labute approximate surface area is 111 Å². The van der Waals surface area contributed by atoms with Gasteiger partial charge in [0.15, 0.2) is 0 Å². The number of anilines is 2. The average molecular weight is 291 g/mol. The lowest BCUT2D eigenvalue weighted by Gasteiger charge is -2.22. The van der Waals surface area contributed by atoms with Crippen molar-refractivity contribution in [3.05, 3.63) is 24.3 Å². The molecule has 9 heteroatoms. The van der Waals surface area contributed by atoms with Crippen LogP contribution in [-0.4, -0.2) is 30.0 Å². The Morgan fingerprint density at radius 1 is 1.32 bits per heavy atom. The fourth-order valence-electron chi connectivity index (χ4n) is 1.17. The van der Waals surface area contributed by atoms with Gasteiger partial charge in [0.2, 0.25) is 5.91 Å². The molecule has 0 unspecified atom stereocenters. The van der Waals surface area contributed by atoms with Crippen molar-refractivity contribution < 1.29 is 22.3 Å². The zero-order valence-corrected chi connectivity index (χ0v) is 11.4. The minimum atomic E-state index is -4.67. The van der Waals surface area contributed by atoms with Crippen molar-refractivity contribution in [1.82, 2.24) is 5.43 Å².